The third-order valence-electron chi connectivity index (χ3n) is 5.84. The molecular formula is C20H30N4O3. The lowest BCUT2D eigenvalue weighted by Crippen LogP contribution is -2.61. The number of ether oxygens (including phenoxy) is 1. The molecule has 0 unspecified atom stereocenters. The first-order valence-electron chi connectivity index (χ1n) is 9.71. The van der Waals surface area contributed by atoms with E-state index in [1.54, 1.807) is 24.3 Å². The van der Waals surface area contributed by atoms with Crippen molar-refractivity contribution in [3.63, 3.8) is 0 Å². The highest BCUT2D eigenvalue weighted by molar-refractivity contribution is 5.92. The number of rotatable bonds is 6. The average Bonchev–Trinajstić information content (AvgIpc) is 2.84. The lowest BCUT2D eigenvalue weighted by Gasteiger charge is -2.49. The van der Waals surface area contributed by atoms with Crippen LogP contribution in [0.5, 0.6) is 5.75 Å². The molecule has 2 amide bonds. The van der Waals surface area contributed by atoms with Gasteiger partial charge in [-0.1, -0.05) is 0 Å². The summed E-state index contributed by atoms with van der Waals surface area (Å²) in [6, 6.07) is 6.92. The van der Waals surface area contributed by atoms with Gasteiger partial charge in [-0.2, -0.15) is 0 Å². The SMILES string of the molecule is CN1CCN(CCCOc2ccc(C(N)=O)cc2)C[C@@]12CCNC(=O)CC2. The molecule has 0 radical (unpaired) electrons. The minimum Gasteiger partial charge on any atom is -0.494 e. The predicted octanol–water partition coefficient (Wildman–Crippen LogP) is 0.841. The summed E-state index contributed by atoms with van der Waals surface area (Å²) in [5, 5.41) is 3.00. The molecule has 1 atom stereocenters. The summed E-state index contributed by atoms with van der Waals surface area (Å²) >= 11 is 0. The van der Waals surface area contributed by atoms with Crippen LogP contribution in [0.25, 0.3) is 0 Å². The number of hydrogen-bond acceptors (Lipinski definition) is 5. The molecule has 1 aromatic rings. The Bertz CT molecular complexity index is 664. The lowest BCUT2D eigenvalue weighted by atomic mass is 9.86. The lowest BCUT2D eigenvalue weighted by molar-refractivity contribution is -0.121. The van der Waals surface area contributed by atoms with Gasteiger partial charge < -0.3 is 20.7 Å². The molecule has 3 rings (SSSR count). The van der Waals surface area contributed by atoms with Gasteiger partial charge in [0.05, 0.1) is 6.61 Å². The second-order valence-electron chi connectivity index (χ2n) is 7.61. The van der Waals surface area contributed by atoms with Crippen LogP contribution in [0, 0.1) is 0 Å². The number of carbonyl (C=O) groups is 2. The molecule has 7 heteroatoms. The molecule has 148 valence electrons. The van der Waals surface area contributed by atoms with Crippen LogP contribution >= 0.6 is 0 Å². The molecule has 2 aliphatic rings. The molecule has 3 N–H and O–H groups in total. The van der Waals surface area contributed by atoms with E-state index in [0.717, 1.165) is 57.7 Å². The number of nitrogens with one attached hydrogen (secondary N) is 1. The van der Waals surface area contributed by atoms with Crippen LogP contribution < -0.4 is 15.8 Å². The molecule has 2 heterocycles. The van der Waals surface area contributed by atoms with Gasteiger partial charge in [0, 0.05) is 50.2 Å². The minimum absolute atomic E-state index is 0.100. The average molecular weight is 374 g/mol. The number of benzene rings is 1. The van der Waals surface area contributed by atoms with Crippen molar-refractivity contribution in [3.05, 3.63) is 29.8 Å². The zero-order valence-electron chi connectivity index (χ0n) is 16.1. The maximum absolute atomic E-state index is 11.7. The Kier molecular flexibility index (Phi) is 6.34. The van der Waals surface area contributed by atoms with Crippen molar-refractivity contribution >= 4 is 11.8 Å². The van der Waals surface area contributed by atoms with Crippen molar-refractivity contribution in [2.24, 2.45) is 5.73 Å². The Labute approximate surface area is 160 Å². The van der Waals surface area contributed by atoms with Gasteiger partial charge in [-0.3, -0.25) is 14.5 Å². The van der Waals surface area contributed by atoms with Crippen molar-refractivity contribution in [2.75, 3.05) is 46.4 Å². The number of likely N-dealkylation sites (N-methyl/N-ethyl adjacent to an activating group) is 1. The summed E-state index contributed by atoms with van der Waals surface area (Å²) in [5.41, 5.74) is 5.83. The van der Waals surface area contributed by atoms with E-state index in [-0.39, 0.29) is 11.4 Å². The molecule has 2 aliphatic heterocycles. The second-order valence-corrected chi connectivity index (χ2v) is 7.61. The van der Waals surface area contributed by atoms with Crippen molar-refractivity contribution in [1.82, 2.24) is 15.1 Å². The third kappa shape index (κ3) is 4.99. The van der Waals surface area contributed by atoms with Gasteiger partial charge in [0.1, 0.15) is 5.75 Å². The standard InChI is InChI=1S/C20H30N4O3/c1-23-12-13-24(15-20(23)8-7-18(25)22-10-9-20)11-2-14-27-17-5-3-16(4-6-17)19(21)26/h3-6H,2,7-15H2,1H3,(H2,21,26)(H,22,25)/t20-/m1/s1. The summed E-state index contributed by atoms with van der Waals surface area (Å²) in [6.45, 7) is 5.47. The Balaban J connectivity index is 1.45. The first-order chi connectivity index (χ1) is 13.0. The summed E-state index contributed by atoms with van der Waals surface area (Å²) in [4.78, 5) is 27.7. The van der Waals surface area contributed by atoms with E-state index in [0.29, 0.717) is 18.6 Å². The van der Waals surface area contributed by atoms with Crippen LogP contribution in [0.3, 0.4) is 0 Å². The molecule has 7 nitrogen and oxygen atoms in total. The summed E-state index contributed by atoms with van der Waals surface area (Å²) < 4.78 is 5.78. The zero-order chi connectivity index (χ0) is 19.3. The Morgan fingerprint density at radius 1 is 1.26 bits per heavy atom. The smallest absolute Gasteiger partial charge is 0.248 e. The second kappa shape index (κ2) is 8.71. The van der Waals surface area contributed by atoms with Crippen LogP contribution in [-0.2, 0) is 4.79 Å². The van der Waals surface area contributed by atoms with Gasteiger partial charge in [0.15, 0.2) is 0 Å². The van der Waals surface area contributed by atoms with E-state index in [4.69, 9.17) is 10.5 Å². The van der Waals surface area contributed by atoms with Crippen molar-refractivity contribution in [3.8, 4) is 5.75 Å². The maximum atomic E-state index is 11.7. The van der Waals surface area contributed by atoms with Crippen LogP contribution in [0.15, 0.2) is 24.3 Å². The van der Waals surface area contributed by atoms with E-state index in [1.807, 2.05) is 0 Å². The molecule has 0 bridgehead atoms. The molecule has 27 heavy (non-hydrogen) atoms. The van der Waals surface area contributed by atoms with Crippen LogP contribution in [0.4, 0.5) is 0 Å². The normalized spacial score (nSPS) is 24.4. The molecule has 1 spiro atoms. The van der Waals surface area contributed by atoms with Gasteiger partial charge >= 0.3 is 0 Å². The van der Waals surface area contributed by atoms with E-state index in [2.05, 4.69) is 22.2 Å². The fourth-order valence-electron chi connectivity index (χ4n) is 4.06. The monoisotopic (exact) mass is 374 g/mol. The molecule has 2 saturated heterocycles. The first-order valence-corrected chi connectivity index (χ1v) is 9.71. The topological polar surface area (TPSA) is 87.9 Å². The number of carbonyl (C=O) groups excluding carboxylic acids is 2. The maximum Gasteiger partial charge on any atom is 0.248 e. The Morgan fingerprint density at radius 3 is 2.78 bits per heavy atom. The highest BCUT2D eigenvalue weighted by Gasteiger charge is 2.40. The van der Waals surface area contributed by atoms with Gasteiger partial charge in [0.2, 0.25) is 11.8 Å². The van der Waals surface area contributed by atoms with E-state index in [1.165, 1.54) is 0 Å². The van der Waals surface area contributed by atoms with Crippen molar-refractivity contribution < 1.29 is 14.3 Å². The molecule has 0 saturated carbocycles. The fourth-order valence-corrected chi connectivity index (χ4v) is 4.06. The molecule has 1 aromatic carbocycles. The minimum atomic E-state index is -0.430. The Morgan fingerprint density at radius 2 is 2.04 bits per heavy atom. The molecule has 0 aliphatic carbocycles. The van der Waals surface area contributed by atoms with E-state index in [9.17, 15) is 9.59 Å². The quantitative estimate of drug-likeness (QED) is 0.721. The number of primary amides is 1. The zero-order valence-corrected chi connectivity index (χ0v) is 16.1. The third-order valence-corrected chi connectivity index (χ3v) is 5.84. The number of piperazine rings is 1. The van der Waals surface area contributed by atoms with Gasteiger partial charge in [0.25, 0.3) is 0 Å². The number of hydrogen-bond donors (Lipinski definition) is 2. The molecular weight excluding hydrogens is 344 g/mol. The highest BCUT2D eigenvalue weighted by atomic mass is 16.5. The largest absolute Gasteiger partial charge is 0.494 e. The summed E-state index contributed by atoms with van der Waals surface area (Å²) in [5.74, 6) is 0.498. The van der Waals surface area contributed by atoms with E-state index >= 15 is 0 Å². The van der Waals surface area contributed by atoms with Crippen molar-refractivity contribution in [2.45, 2.75) is 31.2 Å². The first kappa shape index (κ1) is 19.6. The number of amides is 2. The Hall–Kier alpha value is -2.12. The van der Waals surface area contributed by atoms with Crippen molar-refractivity contribution in [1.29, 1.82) is 0 Å². The van der Waals surface area contributed by atoms with Crippen LogP contribution in [0.1, 0.15) is 36.0 Å². The van der Waals surface area contributed by atoms with Gasteiger partial charge in [-0.25, -0.2) is 0 Å². The summed E-state index contributed by atoms with van der Waals surface area (Å²) in [6.07, 6.45) is 3.49. The predicted molar refractivity (Wildman–Crippen MR) is 104 cm³/mol. The van der Waals surface area contributed by atoms with Gasteiger partial charge in [-0.05, 0) is 50.6 Å². The van der Waals surface area contributed by atoms with Crippen LogP contribution in [-0.4, -0.2) is 73.5 Å². The number of nitrogens with two attached hydrogens (primary N) is 1. The molecule has 0 aromatic heterocycles. The summed E-state index contributed by atoms with van der Waals surface area (Å²) in [7, 11) is 2.19. The highest BCUT2D eigenvalue weighted by Crippen LogP contribution is 2.30. The van der Waals surface area contributed by atoms with Gasteiger partial charge in [-0.15, -0.1) is 0 Å². The molecule has 2 fully saturated rings. The van der Waals surface area contributed by atoms with E-state index < -0.39 is 5.91 Å². The van der Waals surface area contributed by atoms with Crippen LogP contribution in [0.2, 0.25) is 0 Å². The fraction of sp³-hybridized carbons (Fsp3) is 0.600. The number of nitrogens with zero attached hydrogens (tertiary/aromatic N) is 2.